The molecule has 0 aromatic carbocycles. The lowest BCUT2D eigenvalue weighted by Gasteiger charge is -2.55. The highest BCUT2D eigenvalue weighted by Crippen LogP contribution is 2.79. The van der Waals surface area contributed by atoms with Crippen LogP contribution in [0.3, 0.4) is 0 Å². The smallest absolute Gasteiger partial charge is 0.334 e. The van der Waals surface area contributed by atoms with Gasteiger partial charge in [0.1, 0.15) is 18.3 Å². The molecule has 9 atom stereocenters. The van der Waals surface area contributed by atoms with Crippen LogP contribution in [0, 0.1) is 23.2 Å². The number of hydrogen-bond donors (Lipinski definition) is 1. The van der Waals surface area contributed by atoms with Gasteiger partial charge in [-0.15, -0.1) is 11.8 Å². The van der Waals surface area contributed by atoms with Crippen LogP contribution in [0.1, 0.15) is 60.3 Å². The van der Waals surface area contributed by atoms with Gasteiger partial charge in [-0.3, -0.25) is 0 Å². The highest BCUT2D eigenvalue weighted by Gasteiger charge is 2.94. The van der Waals surface area contributed by atoms with E-state index in [1.54, 1.807) is 11.8 Å². The van der Waals surface area contributed by atoms with Crippen LogP contribution in [-0.2, 0) is 23.7 Å². The summed E-state index contributed by atoms with van der Waals surface area (Å²) in [5, 5.41) is 11.4. The Hall–Kier alpha value is -0.600. The second-order valence-electron chi connectivity index (χ2n) is 11.0. The van der Waals surface area contributed by atoms with Gasteiger partial charge in [0.05, 0.1) is 24.3 Å². The largest absolute Gasteiger partial charge is 0.458 e. The average molecular weight is 467 g/mol. The first-order valence-corrected chi connectivity index (χ1v) is 13.7. The minimum absolute atomic E-state index is 0.0114. The molecule has 0 bridgehead atoms. The lowest BCUT2D eigenvalue weighted by molar-refractivity contribution is -0.142. The summed E-state index contributed by atoms with van der Waals surface area (Å²) in [5.41, 5.74) is 0.820. The molecule has 180 valence electrons. The highest BCUT2D eigenvalue weighted by atomic mass is 32.2. The van der Waals surface area contributed by atoms with E-state index in [0.717, 1.165) is 30.4 Å². The fourth-order valence-corrected chi connectivity index (χ4v) is 8.01. The van der Waals surface area contributed by atoms with Gasteiger partial charge in [0, 0.05) is 16.9 Å². The van der Waals surface area contributed by atoms with Crippen molar-refractivity contribution in [2.45, 2.75) is 95.9 Å². The SMILES string of the molecule is CCC.CSCO[C@@H]1C(C(C)C)[C@@H](O)[C@@H]2O[C@@]23[C@@]2(C)CCC4=C(COC4=O)[C@@H]2CC2O[C@]213. The Labute approximate surface area is 195 Å². The van der Waals surface area contributed by atoms with Gasteiger partial charge in [-0.05, 0) is 42.9 Å². The van der Waals surface area contributed by atoms with E-state index in [4.69, 9.17) is 18.9 Å². The van der Waals surface area contributed by atoms with Crippen molar-refractivity contribution >= 4 is 17.7 Å². The molecule has 0 aromatic rings. The summed E-state index contributed by atoms with van der Waals surface area (Å²) in [4.78, 5) is 12.2. The lowest BCUT2D eigenvalue weighted by Crippen LogP contribution is -2.70. The van der Waals surface area contributed by atoms with E-state index in [2.05, 4.69) is 34.6 Å². The Kier molecular flexibility index (Phi) is 5.58. The number of fused-ring (bicyclic) bond motifs is 2. The van der Waals surface area contributed by atoms with Crippen molar-refractivity contribution in [2.75, 3.05) is 18.8 Å². The molecule has 6 aliphatic rings. The normalized spacial score (nSPS) is 49.7. The third-order valence-electron chi connectivity index (χ3n) is 8.98. The van der Waals surface area contributed by atoms with Crippen LogP contribution in [-0.4, -0.2) is 65.5 Å². The summed E-state index contributed by atoms with van der Waals surface area (Å²) >= 11 is 1.65. The second kappa shape index (κ2) is 7.70. The second-order valence-corrected chi connectivity index (χ2v) is 11.8. The minimum atomic E-state index is -0.565. The van der Waals surface area contributed by atoms with E-state index in [0.29, 0.717) is 12.5 Å². The van der Waals surface area contributed by atoms with Crippen LogP contribution < -0.4 is 0 Å². The number of epoxide rings is 2. The molecule has 6 nitrogen and oxygen atoms in total. The molecular formula is C25H38O6S. The Balaban J connectivity index is 0.000000684. The summed E-state index contributed by atoms with van der Waals surface area (Å²) in [5.74, 6) is 0.892. The quantitative estimate of drug-likeness (QED) is 0.384. The molecule has 4 fully saturated rings. The van der Waals surface area contributed by atoms with Gasteiger partial charge in [-0.25, -0.2) is 4.79 Å². The van der Waals surface area contributed by atoms with Gasteiger partial charge in [-0.2, -0.15) is 0 Å². The number of rotatable bonds is 4. The van der Waals surface area contributed by atoms with Crippen molar-refractivity contribution in [3.8, 4) is 0 Å². The summed E-state index contributed by atoms with van der Waals surface area (Å²) in [6.45, 7) is 11.2. The van der Waals surface area contributed by atoms with Crippen LogP contribution in [0.2, 0.25) is 0 Å². The maximum atomic E-state index is 12.2. The summed E-state index contributed by atoms with van der Waals surface area (Å²) in [6.07, 6.45) is 4.82. The van der Waals surface area contributed by atoms with Crippen molar-refractivity contribution in [2.24, 2.45) is 23.2 Å². The molecule has 0 aromatic heterocycles. The Bertz CT molecular complexity index is 827. The van der Waals surface area contributed by atoms with Crippen LogP contribution in [0.25, 0.3) is 0 Å². The average Bonchev–Trinajstić information content (AvgIpc) is 3.63. The van der Waals surface area contributed by atoms with E-state index in [-0.39, 0.29) is 47.4 Å². The number of hydrogen-bond acceptors (Lipinski definition) is 7. The molecule has 0 radical (unpaired) electrons. The zero-order valence-electron chi connectivity index (χ0n) is 20.2. The molecule has 32 heavy (non-hydrogen) atoms. The number of cyclic esters (lactones) is 1. The molecule has 2 unspecified atom stereocenters. The van der Waals surface area contributed by atoms with Crippen molar-refractivity contribution < 1.29 is 28.8 Å². The molecule has 0 amide bonds. The fraction of sp³-hybridized carbons (Fsp3) is 0.880. The number of carbonyl (C=O) groups excluding carboxylic acids is 1. The number of aliphatic hydroxyl groups excluding tert-OH is 1. The summed E-state index contributed by atoms with van der Waals surface area (Å²) in [6, 6.07) is 0. The van der Waals surface area contributed by atoms with E-state index < -0.39 is 17.3 Å². The van der Waals surface area contributed by atoms with E-state index >= 15 is 0 Å². The Morgan fingerprint density at radius 1 is 1.28 bits per heavy atom. The zero-order chi connectivity index (χ0) is 23.1. The number of thioether (sulfide) groups is 1. The van der Waals surface area contributed by atoms with Gasteiger partial charge < -0.3 is 24.1 Å². The molecule has 7 heteroatoms. The zero-order valence-corrected chi connectivity index (χ0v) is 21.0. The van der Waals surface area contributed by atoms with Crippen LogP contribution in [0.5, 0.6) is 0 Å². The molecule has 6 rings (SSSR count). The standard InChI is InChI=1S/C22H30O6S.C3H8/c1-10(2)15-16(23)18-22(28-18)20(3)6-5-11-12(8-25-19(11)24)13(20)7-14-21(22,27-14)17(15)26-9-29-4;1-3-2/h10,13-18,23H,5-9H2,1-4H3;3H2,1-2H3/t13-,14?,15?,16+,17+,18-,20-,21+,22+;/m0./s1. The fourth-order valence-electron chi connectivity index (χ4n) is 7.72. The molecular weight excluding hydrogens is 428 g/mol. The molecule has 3 aliphatic heterocycles. The minimum Gasteiger partial charge on any atom is -0.458 e. The summed E-state index contributed by atoms with van der Waals surface area (Å²) in [7, 11) is 0. The van der Waals surface area contributed by atoms with Gasteiger partial charge >= 0.3 is 5.97 Å². The topological polar surface area (TPSA) is 80.8 Å². The third kappa shape index (κ3) is 2.66. The van der Waals surface area contributed by atoms with Crippen molar-refractivity contribution in [3.05, 3.63) is 11.1 Å². The first kappa shape index (κ1) is 23.2. The number of esters is 1. The molecule has 2 saturated carbocycles. The highest BCUT2D eigenvalue weighted by molar-refractivity contribution is 7.98. The van der Waals surface area contributed by atoms with Crippen LogP contribution in [0.15, 0.2) is 11.1 Å². The predicted octanol–water partition coefficient (Wildman–Crippen LogP) is 3.70. The maximum Gasteiger partial charge on any atom is 0.334 e. The Morgan fingerprint density at radius 2 is 2.00 bits per heavy atom. The predicted molar refractivity (Wildman–Crippen MR) is 122 cm³/mol. The summed E-state index contributed by atoms with van der Waals surface area (Å²) < 4.78 is 24.9. The number of ether oxygens (including phenoxy) is 4. The Morgan fingerprint density at radius 3 is 2.66 bits per heavy atom. The van der Waals surface area contributed by atoms with Crippen molar-refractivity contribution in [1.29, 1.82) is 0 Å². The van der Waals surface area contributed by atoms with Crippen molar-refractivity contribution in [1.82, 2.24) is 0 Å². The van der Waals surface area contributed by atoms with Crippen molar-refractivity contribution in [3.63, 3.8) is 0 Å². The first-order chi connectivity index (χ1) is 15.2. The molecule has 3 heterocycles. The molecule has 3 aliphatic carbocycles. The van der Waals surface area contributed by atoms with Gasteiger partial charge in [0.25, 0.3) is 0 Å². The van der Waals surface area contributed by atoms with Gasteiger partial charge in [-0.1, -0.05) is 41.0 Å². The molecule has 2 spiro atoms. The van der Waals surface area contributed by atoms with E-state index in [1.807, 2.05) is 6.26 Å². The lowest BCUT2D eigenvalue weighted by atomic mass is 9.46. The first-order valence-electron chi connectivity index (χ1n) is 12.3. The number of carbonyl (C=O) groups is 1. The maximum absolute atomic E-state index is 12.2. The van der Waals surface area contributed by atoms with Crippen LogP contribution in [0.4, 0.5) is 0 Å². The van der Waals surface area contributed by atoms with Crippen LogP contribution >= 0.6 is 11.8 Å². The third-order valence-corrected chi connectivity index (χ3v) is 9.35. The molecule has 1 N–H and O–H groups in total. The van der Waals surface area contributed by atoms with Gasteiger partial charge in [0.15, 0.2) is 5.60 Å². The van der Waals surface area contributed by atoms with E-state index in [9.17, 15) is 9.90 Å². The number of aliphatic hydroxyl groups is 1. The van der Waals surface area contributed by atoms with E-state index in [1.165, 1.54) is 6.42 Å². The van der Waals surface area contributed by atoms with Gasteiger partial charge in [0.2, 0.25) is 0 Å². The monoisotopic (exact) mass is 466 g/mol. The molecule has 2 saturated heterocycles.